The molecule has 2 aromatic carbocycles. The first-order chi connectivity index (χ1) is 12.6. The van der Waals surface area contributed by atoms with Gasteiger partial charge in [0.15, 0.2) is 5.11 Å². The minimum absolute atomic E-state index is 0.168. The Morgan fingerprint density at radius 3 is 2.65 bits per heavy atom. The van der Waals surface area contributed by atoms with Crippen LogP contribution in [0.4, 0.5) is 11.4 Å². The zero-order valence-electron chi connectivity index (χ0n) is 15.3. The number of benzene rings is 2. The van der Waals surface area contributed by atoms with Gasteiger partial charge in [-0.15, -0.1) is 0 Å². The van der Waals surface area contributed by atoms with Gasteiger partial charge < -0.3 is 15.5 Å². The molecule has 136 valence electrons. The maximum Gasteiger partial charge on any atom is 0.227 e. The van der Waals surface area contributed by atoms with Crippen LogP contribution in [0.15, 0.2) is 48.5 Å². The molecule has 1 amide bonds. The van der Waals surface area contributed by atoms with Crippen LogP contribution in [0.5, 0.6) is 0 Å². The molecule has 1 aliphatic heterocycles. The average Bonchev–Trinajstić information content (AvgIpc) is 3.08. The van der Waals surface area contributed by atoms with Crippen LogP contribution >= 0.6 is 12.2 Å². The van der Waals surface area contributed by atoms with Gasteiger partial charge in [0, 0.05) is 24.3 Å². The van der Waals surface area contributed by atoms with E-state index >= 15 is 0 Å². The summed E-state index contributed by atoms with van der Waals surface area (Å²) in [5.74, 6) is 0.195. The molecule has 1 atom stereocenters. The predicted octanol–water partition coefficient (Wildman–Crippen LogP) is 4.56. The van der Waals surface area contributed by atoms with Crippen LogP contribution in [0.1, 0.15) is 43.4 Å². The second kappa shape index (κ2) is 8.32. The summed E-state index contributed by atoms with van der Waals surface area (Å²) in [7, 11) is 0. The zero-order chi connectivity index (χ0) is 18.5. The number of amides is 1. The molecule has 26 heavy (non-hydrogen) atoms. The molecular weight excluding hydrogens is 342 g/mol. The van der Waals surface area contributed by atoms with E-state index in [2.05, 4.69) is 29.7 Å². The number of nitrogens with one attached hydrogen (secondary N) is 2. The Hall–Kier alpha value is -2.40. The zero-order valence-corrected chi connectivity index (χ0v) is 16.1. The molecule has 5 heteroatoms. The van der Waals surface area contributed by atoms with Gasteiger partial charge in [0.2, 0.25) is 5.91 Å². The lowest BCUT2D eigenvalue weighted by Crippen LogP contribution is -2.32. The van der Waals surface area contributed by atoms with Crippen molar-refractivity contribution in [2.45, 2.75) is 39.2 Å². The van der Waals surface area contributed by atoms with Crippen LogP contribution in [0.3, 0.4) is 0 Å². The molecule has 1 fully saturated rings. The minimum atomic E-state index is 0.168. The van der Waals surface area contributed by atoms with E-state index < -0.39 is 0 Å². The summed E-state index contributed by atoms with van der Waals surface area (Å²) in [6, 6.07) is 16.5. The van der Waals surface area contributed by atoms with Crippen molar-refractivity contribution in [1.29, 1.82) is 0 Å². The fourth-order valence-corrected chi connectivity index (χ4v) is 3.57. The third-order valence-corrected chi connectivity index (χ3v) is 4.97. The standard InChI is InChI=1S/C21H25N3OS/c1-3-18(16-8-5-4-6-9-16)23-21(26)22-17-12-11-15(2)19(14-17)24-13-7-10-20(24)25/h4-6,8-9,11-12,14,18H,3,7,10,13H2,1-2H3,(H2,22,23,26)/t18-/m0/s1. The van der Waals surface area contributed by atoms with Gasteiger partial charge >= 0.3 is 0 Å². The van der Waals surface area contributed by atoms with Gasteiger partial charge in [0.25, 0.3) is 0 Å². The van der Waals surface area contributed by atoms with Gasteiger partial charge in [0.05, 0.1) is 6.04 Å². The maximum atomic E-state index is 12.1. The fraction of sp³-hybridized carbons (Fsp3) is 0.333. The molecule has 0 unspecified atom stereocenters. The van der Waals surface area contributed by atoms with E-state index in [0.717, 1.165) is 36.3 Å². The number of hydrogen-bond acceptors (Lipinski definition) is 2. The lowest BCUT2D eigenvalue weighted by molar-refractivity contribution is -0.117. The van der Waals surface area contributed by atoms with Crippen molar-refractivity contribution in [1.82, 2.24) is 5.32 Å². The van der Waals surface area contributed by atoms with Crippen molar-refractivity contribution in [2.75, 3.05) is 16.8 Å². The molecule has 3 rings (SSSR count). The molecule has 1 heterocycles. The summed E-state index contributed by atoms with van der Waals surface area (Å²) < 4.78 is 0. The molecule has 1 aliphatic rings. The van der Waals surface area contributed by atoms with E-state index in [1.165, 1.54) is 5.56 Å². The summed E-state index contributed by atoms with van der Waals surface area (Å²) >= 11 is 5.51. The first kappa shape index (κ1) is 18.4. The molecule has 0 saturated carbocycles. The fourth-order valence-electron chi connectivity index (χ4n) is 3.31. The van der Waals surface area contributed by atoms with Crippen molar-refractivity contribution < 1.29 is 4.79 Å². The van der Waals surface area contributed by atoms with Crippen LogP contribution in [0.25, 0.3) is 0 Å². The summed E-state index contributed by atoms with van der Waals surface area (Å²) in [6.07, 6.45) is 2.49. The molecule has 0 spiro atoms. The first-order valence-electron chi connectivity index (χ1n) is 9.12. The van der Waals surface area contributed by atoms with E-state index in [1.807, 2.05) is 48.2 Å². The molecule has 0 radical (unpaired) electrons. The summed E-state index contributed by atoms with van der Waals surface area (Å²) in [4.78, 5) is 13.9. The lowest BCUT2D eigenvalue weighted by Gasteiger charge is -2.22. The molecular formula is C21H25N3OS. The van der Waals surface area contributed by atoms with Crippen molar-refractivity contribution >= 4 is 34.6 Å². The van der Waals surface area contributed by atoms with Gasteiger partial charge in [-0.3, -0.25) is 4.79 Å². The summed E-state index contributed by atoms with van der Waals surface area (Å²) in [5.41, 5.74) is 4.17. The van der Waals surface area contributed by atoms with Crippen LogP contribution in [-0.4, -0.2) is 17.6 Å². The number of nitrogens with zero attached hydrogens (tertiary/aromatic N) is 1. The van der Waals surface area contributed by atoms with Crippen LogP contribution in [0.2, 0.25) is 0 Å². The lowest BCUT2D eigenvalue weighted by atomic mass is 10.1. The quantitative estimate of drug-likeness (QED) is 0.761. The number of carbonyl (C=O) groups is 1. The molecule has 0 aliphatic carbocycles. The molecule has 0 bridgehead atoms. The van der Waals surface area contributed by atoms with Crippen molar-refractivity contribution in [2.24, 2.45) is 0 Å². The third kappa shape index (κ3) is 4.22. The molecule has 0 aromatic heterocycles. The number of anilines is 2. The summed E-state index contributed by atoms with van der Waals surface area (Å²) in [6.45, 7) is 4.96. The van der Waals surface area contributed by atoms with Crippen molar-refractivity contribution in [3.8, 4) is 0 Å². The van der Waals surface area contributed by atoms with E-state index in [1.54, 1.807) is 0 Å². The predicted molar refractivity (Wildman–Crippen MR) is 112 cm³/mol. The molecule has 1 saturated heterocycles. The molecule has 4 nitrogen and oxygen atoms in total. The Morgan fingerprint density at radius 2 is 2.00 bits per heavy atom. The first-order valence-corrected chi connectivity index (χ1v) is 9.52. The van der Waals surface area contributed by atoms with Crippen LogP contribution in [-0.2, 0) is 4.79 Å². The Labute approximate surface area is 160 Å². The van der Waals surface area contributed by atoms with Crippen molar-refractivity contribution in [3.63, 3.8) is 0 Å². The normalized spacial score (nSPS) is 15.0. The number of rotatable bonds is 5. The minimum Gasteiger partial charge on any atom is -0.356 e. The highest BCUT2D eigenvalue weighted by Gasteiger charge is 2.23. The summed E-state index contributed by atoms with van der Waals surface area (Å²) in [5, 5.41) is 7.23. The highest BCUT2D eigenvalue weighted by Crippen LogP contribution is 2.28. The van der Waals surface area contributed by atoms with Gasteiger partial charge in [-0.2, -0.15) is 0 Å². The van der Waals surface area contributed by atoms with Gasteiger partial charge in [0.1, 0.15) is 0 Å². The Balaban J connectivity index is 1.70. The topological polar surface area (TPSA) is 44.4 Å². The van der Waals surface area contributed by atoms with Crippen LogP contribution in [0, 0.1) is 6.92 Å². The number of aryl methyl sites for hydroxylation is 1. The SMILES string of the molecule is CC[C@H](NC(=S)Nc1ccc(C)c(N2CCCC2=O)c1)c1ccccc1. The monoisotopic (exact) mass is 367 g/mol. The molecule has 2 aromatic rings. The third-order valence-electron chi connectivity index (χ3n) is 4.75. The number of carbonyl (C=O) groups excluding carboxylic acids is 1. The van der Waals surface area contributed by atoms with Crippen LogP contribution < -0.4 is 15.5 Å². The smallest absolute Gasteiger partial charge is 0.227 e. The number of hydrogen-bond donors (Lipinski definition) is 2. The van der Waals surface area contributed by atoms with E-state index in [-0.39, 0.29) is 11.9 Å². The average molecular weight is 368 g/mol. The Kier molecular flexibility index (Phi) is 5.89. The van der Waals surface area contributed by atoms with Gasteiger partial charge in [-0.05, 0) is 55.2 Å². The van der Waals surface area contributed by atoms with Crippen molar-refractivity contribution in [3.05, 3.63) is 59.7 Å². The largest absolute Gasteiger partial charge is 0.356 e. The maximum absolute atomic E-state index is 12.1. The van der Waals surface area contributed by atoms with Gasteiger partial charge in [-0.1, -0.05) is 43.3 Å². The van der Waals surface area contributed by atoms with E-state index in [4.69, 9.17) is 12.2 Å². The van der Waals surface area contributed by atoms with E-state index in [9.17, 15) is 4.79 Å². The Bertz CT molecular complexity index is 791. The molecule has 2 N–H and O–H groups in total. The Morgan fingerprint density at radius 1 is 1.23 bits per heavy atom. The highest BCUT2D eigenvalue weighted by molar-refractivity contribution is 7.80. The van der Waals surface area contributed by atoms with Gasteiger partial charge in [-0.25, -0.2) is 0 Å². The second-order valence-corrected chi connectivity index (χ2v) is 7.03. The number of thiocarbonyl (C=S) groups is 1. The highest BCUT2D eigenvalue weighted by atomic mass is 32.1. The second-order valence-electron chi connectivity index (χ2n) is 6.62. The van der Waals surface area contributed by atoms with E-state index in [0.29, 0.717) is 11.5 Å².